The molecule has 0 radical (unpaired) electrons. The maximum absolute atomic E-state index is 11.1. The van der Waals surface area contributed by atoms with Gasteiger partial charge in [0.25, 0.3) is 0 Å². The molecule has 0 bridgehead atoms. The van der Waals surface area contributed by atoms with Gasteiger partial charge >= 0.3 is 0 Å². The van der Waals surface area contributed by atoms with Gasteiger partial charge in [-0.2, -0.15) is 0 Å². The molecule has 0 N–H and O–H groups in total. The number of hydrogen-bond acceptors (Lipinski definition) is 1. The Morgan fingerprint density at radius 3 is 2.58 bits per heavy atom. The van der Waals surface area contributed by atoms with Crippen LogP contribution in [0, 0.1) is 3.57 Å². The smallest absolute Gasteiger partial charge is 0.159 e. The molecule has 1 nitrogen and oxygen atoms in total. The average Bonchev–Trinajstić information content (AvgIpc) is 2.03. The number of halogens is 1. The minimum Gasteiger partial charge on any atom is -0.295 e. The van der Waals surface area contributed by atoms with Crippen molar-refractivity contribution in [1.82, 2.24) is 0 Å². The van der Waals surface area contributed by atoms with Crippen molar-refractivity contribution < 1.29 is 4.79 Å². The lowest BCUT2D eigenvalue weighted by Crippen LogP contribution is -1.94. The van der Waals surface area contributed by atoms with E-state index in [4.69, 9.17) is 0 Å². The van der Waals surface area contributed by atoms with Gasteiger partial charge in [0.1, 0.15) is 0 Å². The molecule has 0 saturated heterocycles. The molecule has 0 spiro atoms. The molecule has 0 unspecified atom stereocenters. The van der Waals surface area contributed by atoms with Gasteiger partial charge in [-0.1, -0.05) is 6.92 Å². The van der Waals surface area contributed by atoms with Crippen molar-refractivity contribution in [2.75, 3.05) is 0 Å². The van der Waals surface area contributed by atoms with E-state index in [-0.39, 0.29) is 5.78 Å². The third kappa shape index (κ3) is 2.30. The van der Waals surface area contributed by atoms with E-state index in [1.165, 1.54) is 5.56 Å². The molecule has 0 aliphatic carbocycles. The first-order chi connectivity index (χ1) is 5.63. The van der Waals surface area contributed by atoms with Crippen LogP contribution in [0.1, 0.15) is 29.8 Å². The van der Waals surface area contributed by atoms with E-state index >= 15 is 0 Å². The van der Waals surface area contributed by atoms with Crippen molar-refractivity contribution in [3.05, 3.63) is 32.9 Å². The summed E-state index contributed by atoms with van der Waals surface area (Å²) in [4.78, 5) is 11.1. The summed E-state index contributed by atoms with van der Waals surface area (Å²) in [6, 6.07) is 5.99. The molecule has 0 atom stereocenters. The summed E-state index contributed by atoms with van der Waals surface area (Å²) in [7, 11) is 0. The van der Waals surface area contributed by atoms with E-state index in [1.807, 2.05) is 12.1 Å². The molecule has 0 heterocycles. The van der Waals surface area contributed by atoms with E-state index < -0.39 is 0 Å². The van der Waals surface area contributed by atoms with Gasteiger partial charge in [0, 0.05) is 9.13 Å². The molecule has 0 aliphatic heterocycles. The van der Waals surface area contributed by atoms with Gasteiger partial charge in [-0.15, -0.1) is 0 Å². The topological polar surface area (TPSA) is 17.1 Å². The van der Waals surface area contributed by atoms with Crippen molar-refractivity contribution in [3.8, 4) is 0 Å². The molecule has 1 aromatic carbocycles. The predicted molar refractivity (Wildman–Crippen MR) is 58.5 cm³/mol. The van der Waals surface area contributed by atoms with Crippen LogP contribution in [0.2, 0.25) is 0 Å². The van der Waals surface area contributed by atoms with Gasteiger partial charge in [-0.25, -0.2) is 0 Å². The molecule has 12 heavy (non-hydrogen) atoms. The Bertz CT molecular complexity index is 305. The molecule has 0 saturated carbocycles. The zero-order chi connectivity index (χ0) is 9.14. The van der Waals surface area contributed by atoms with E-state index in [2.05, 4.69) is 35.6 Å². The summed E-state index contributed by atoms with van der Waals surface area (Å²) < 4.78 is 1.14. The molecule has 0 aliphatic rings. The Morgan fingerprint density at radius 1 is 1.42 bits per heavy atom. The van der Waals surface area contributed by atoms with Gasteiger partial charge in [-0.05, 0) is 59.7 Å². The Labute approximate surface area is 86.3 Å². The Morgan fingerprint density at radius 2 is 2.08 bits per heavy atom. The standard InChI is InChI=1S/C10H11IO/c1-3-8-4-9(7(2)12)6-10(11)5-8/h4-6H,3H2,1-2H3. The number of hydrogen-bond donors (Lipinski definition) is 0. The van der Waals surface area contributed by atoms with Gasteiger partial charge in [0.2, 0.25) is 0 Å². The zero-order valence-corrected chi connectivity index (χ0v) is 9.38. The van der Waals surface area contributed by atoms with Crippen LogP contribution in [0.5, 0.6) is 0 Å². The lowest BCUT2D eigenvalue weighted by molar-refractivity contribution is 0.101. The van der Waals surface area contributed by atoms with Crippen LogP contribution in [0.25, 0.3) is 0 Å². The molecule has 1 rings (SSSR count). The second kappa shape index (κ2) is 4.03. The lowest BCUT2D eigenvalue weighted by atomic mass is 10.1. The number of rotatable bonds is 2. The number of aryl methyl sites for hydroxylation is 1. The second-order valence-corrected chi connectivity index (χ2v) is 4.00. The van der Waals surface area contributed by atoms with Crippen LogP contribution in [0.15, 0.2) is 18.2 Å². The molecule has 2 heteroatoms. The molecule has 0 aromatic heterocycles. The van der Waals surface area contributed by atoms with Crippen LogP contribution in [0.4, 0.5) is 0 Å². The first-order valence-electron chi connectivity index (χ1n) is 3.94. The Kier molecular flexibility index (Phi) is 3.26. The van der Waals surface area contributed by atoms with Crippen LogP contribution >= 0.6 is 22.6 Å². The summed E-state index contributed by atoms with van der Waals surface area (Å²) in [6.07, 6.45) is 0.983. The van der Waals surface area contributed by atoms with Gasteiger partial charge in [0.15, 0.2) is 5.78 Å². The normalized spacial score (nSPS) is 9.92. The maximum atomic E-state index is 11.1. The van der Waals surface area contributed by atoms with Gasteiger partial charge in [-0.3, -0.25) is 4.79 Å². The highest BCUT2D eigenvalue weighted by Gasteiger charge is 2.01. The number of Topliss-reactive ketones (excluding diaryl/α,β-unsaturated/α-hetero) is 1. The van der Waals surface area contributed by atoms with Crippen LogP contribution < -0.4 is 0 Å². The Hall–Kier alpha value is -0.380. The fourth-order valence-electron chi connectivity index (χ4n) is 1.06. The third-order valence-corrected chi connectivity index (χ3v) is 2.40. The van der Waals surface area contributed by atoms with Crippen molar-refractivity contribution in [3.63, 3.8) is 0 Å². The van der Waals surface area contributed by atoms with Crippen LogP contribution in [0.3, 0.4) is 0 Å². The molecular weight excluding hydrogens is 263 g/mol. The van der Waals surface area contributed by atoms with E-state index in [0.29, 0.717) is 0 Å². The average molecular weight is 274 g/mol. The highest BCUT2D eigenvalue weighted by molar-refractivity contribution is 14.1. The van der Waals surface area contributed by atoms with E-state index in [9.17, 15) is 4.79 Å². The monoisotopic (exact) mass is 274 g/mol. The first-order valence-corrected chi connectivity index (χ1v) is 5.01. The third-order valence-electron chi connectivity index (χ3n) is 1.77. The summed E-state index contributed by atoms with van der Waals surface area (Å²) in [6.45, 7) is 3.69. The molecular formula is C10H11IO. The molecule has 1 aromatic rings. The van der Waals surface area contributed by atoms with E-state index in [1.54, 1.807) is 6.92 Å². The number of ketones is 1. The minimum absolute atomic E-state index is 0.142. The first kappa shape index (κ1) is 9.71. The quantitative estimate of drug-likeness (QED) is 0.598. The number of carbonyl (C=O) groups excluding carboxylic acids is 1. The predicted octanol–water partition coefficient (Wildman–Crippen LogP) is 3.06. The van der Waals surface area contributed by atoms with Crippen molar-refractivity contribution in [2.24, 2.45) is 0 Å². The van der Waals surface area contributed by atoms with Crippen molar-refractivity contribution >= 4 is 28.4 Å². The number of carbonyl (C=O) groups is 1. The fourth-order valence-corrected chi connectivity index (χ4v) is 1.79. The Balaban J connectivity index is 3.15. The van der Waals surface area contributed by atoms with E-state index in [0.717, 1.165) is 15.6 Å². The highest BCUT2D eigenvalue weighted by atomic mass is 127. The lowest BCUT2D eigenvalue weighted by Gasteiger charge is -2.01. The summed E-state index contributed by atoms with van der Waals surface area (Å²) in [5.41, 5.74) is 2.05. The summed E-state index contributed by atoms with van der Waals surface area (Å²) in [5.74, 6) is 0.142. The minimum atomic E-state index is 0.142. The zero-order valence-electron chi connectivity index (χ0n) is 7.23. The number of benzene rings is 1. The van der Waals surface area contributed by atoms with Crippen molar-refractivity contribution in [2.45, 2.75) is 20.3 Å². The second-order valence-electron chi connectivity index (χ2n) is 2.76. The fraction of sp³-hybridized carbons (Fsp3) is 0.300. The summed E-state index contributed by atoms with van der Waals surface area (Å²) >= 11 is 2.24. The summed E-state index contributed by atoms with van der Waals surface area (Å²) in [5, 5.41) is 0. The van der Waals surface area contributed by atoms with Crippen LogP contribution in [-0.4, -0.2) is 5.78 Å². The van der Waals surface area contributed by atoms with Crippen molar-refractivity contribution in [1.29, 1.82) is 0 Å². The van der Waals surface area contributed by atoms with Gasteiger partial charge < -0.3 is 0 Å². The molecule has 0 amide bonds. The SMILES string of the molecule is CCc1cc(I)cc(C(C)=O)c1. The molecule has 64 valence electrons. The largest absolute Gasteiger partial charge is 0.295 e. The highest BCUT2D eigenvalue weighted by Crippen LogP contribution is 2.13. The molecule has 0 fully saturated rings. The van der Waals surface area contributed by atoms with Gasteiger partial charge in [0.05, 0.1) is 0 Å². The van der Waals surface area contributed by atoms with Crippen LogP contribution in [-0.2, 0) is 6.42 Å². The maximum Gasteiger partial charge on any atom is 0.159 e.